The molecule has 122 valence electrons. The Hall–Kier alpha value is -1.59. The highest BCUT2D eigenvalue weighted by Crippen LogP contribution is 2.26. The third-order valence-corrected chi connectivity index (χ3v) is 4.22. The van der Waals surface area contributed by atoms with Crippen LogP contribution < -0.4 is 10.5 Å². The maximum Gasteiger partial charge on any atom is 0.248 e. The van der Waals surface area contributed by atoms with Gasteiger partial charge in [0.1, 0.15) is 5.75 Å². The van der Waals surface area contributed by atoms with Gasteiger partial charge in [-0.1, -0.05) is 0 Å². The van der Waals surface area contributed by atoms with Gasteiger partial charge in [0.25, 0.3) is 0 Å². The van der Waals surface area contributed by atoms with Crippen molar-refractivity contribution in [1.29, 1.82) is 0 Å². The summed E-state index contributed by atoms with van der Waals surface area (Å²) in [6, 6.07) is 3.76. The van der Waals surface area contributed by atoms with Gasteiger partial charge in [0.05, 0.1) is 13.2 Å². The van der Waals surface area contributed by atoms with Crippen LogP contribution in [0.1, 0.15) is 41.3 Å². The predicted molar refractivity (Wildman–Crippen MR) is 86.2 cm³/mol. The van der Waals surface area contributed by atoms with Crippen molar-refractivity contribution >= 4 is 5.91 Å². The summed E-state index contributed by atoms with van der Waals surface area (Å²) in [5, 5.41) is 0. The molecule has 0 atom stereocenters. The summed E-state index contributed by atoms with van der Waals surface area (Å²) < 4.78 is 11.1. The molecule has 1 aromatic carbocycles. The number of rotatable bonds is 6. The van der Waals surface area contributed by atoms with Crippen molar-refractivity contribution in [2.24, 2.45) is 5.73 Å². The van der Waals surface area contributed by atoms with Crippen molar-refractivity contribution in [2.75, 3.05) is 26.8 Å². The van der Waals surface area contributed by atoms with Gasteiger partial charge < -0.3 is 15.2 Å². The second-order valence-electron chi connectivity index (χ2n) is 5.77. The lowest BCUT2D eigenvalue weighted by Crippen LogP contribution is -2.36. The summed E-state index contributed by atoms with van der Waals surface area (Å²) in [6.07, 6.45) is 2.47. The second-order valence-corrected chi connectivity index (χ2v) is 5.77. The number of aryl methyl sites for hydroxylation is 1. The Morgan fingerprint density at radius 2 is 2.05 bits per heavy atom. The van der Waals surface area contributed by atoms with Crippen LogP contribution in [0.3, 0.4) is 0 Å². The average molecular weight is 306 g/mol. The van der Waals surface area contributed by atoms with E-state index in [1.165, 1.54) is 0 Å². The van der Waals surface area contributed by atoms with Gasteiger partial charge in [-0.15, -0.1) is 0 Å². The molecule has 1 aliphatic heterocycles. The summed E-state index contributed by atoms with van der Waals surface area (Å²) in [5.74, 6) is 0.422. The lowest BCUT2D eigenvalue weighted by Gasteiger charge is -2.32. The normalized spacial score (nSPS) is 16.7. The number of ether oxygens (including phenoxy) is 2. The number of hydrogen-bond donors (Lipinski definition) is 1. The molecule has 0 unspecified atom stereocenters. The molecule has 0 saturated carbocycles. The number of nitrogens with zero attached hydrogens (tertiary/aromatic N) is 1. The van der Waals surface area contributed by atoms with Crippen molar-refractivity contribution in [3.63, 3.8) is 0 Å². The Bertz CT molecular complexity index is 523. The quantitative estimate of drug-likeness (QED) is 0.874. The summed E-state index contributed by atoms with van der Waals surface area (Å²) >= 11 is 0. The van der Waals surface area contributed by atoms with Gasteiger partial charge in [-0.25, -0.2) is 0 Å². The molecular weight excluding hydrogens is 280 g/mol. The van der Waals surface area contributed by atoms with E-state index in [0.717, 1.165) is 56.0 Å². The van der Waals surface area contributed by atoms with Crippen LogP contribution in [0.2, 0.25) is 0 Å². The maximum absolute atomic E-state index is 11.5. The summed E-state index contributed by atoms with van der Waals surface area (Å²) in [5.41, 5.74) is 7.88. The molecule has 0 radical (unpaired) electrons. The molecule has 0 spiro atoms. The number of amides is 1. The van der Waals surface area contributed by atoms with Gasteiger partial charge in [-0.3, -0.25) is 9.69 Å². The van der Waals surface area contributed by atoms with Crippen LogP contribution in [0.4, 0.5) is 0 Å². The largest absolute Gasteiger partial charge is 0.496 e. The zero-order valence-corrected chi connectivity index (χ0v) is 13.7. The molecule has 22 heavy (non-hydrogen) atoms. The van der Waals surface area contributed by atoms with E-state index >= 15 is 0 Å². The molecule has 5 heteroatoms. The van der Waals surface area contributed by atoms with Crippen LogP contribution in [-0.4, -0.2) is 43.7 Å². The monoisotopic (exact) mass is 306 g/mol. The Kier molecular flexibility index (Phi) is 5.80. The summed E-state index contributed by atoms with van der Waals surface area (Å²) in [6.45, 7) is 7.44. The molecule has 1 saturated heterocycles. The Morgan fingerprint density at radius 3 is 2.59 bits per heavy atom. The number of carbonyl (C=O) groups excluding carboxylic acids is 1. The van der Waals surface area contributed by atoms with E-state index in [0.29, 0.717) is 11.7 Å². The molecule has 5 nitrogen and oxygen atoms in total. The lowest BCUT2D eigenvalue weighted by atomic mass is 10.0. The highest BCUT2D eigenvalue weighted by atomic mass is 16.5. The molecule has 1 fully saturated rings. The Labute approximate surface area is 132 Å². The number of primary amides is 1. The minimum absolute atomic E-state index is 0.377. The third kappa shape index (κ3) is 3.99. The van der Waals surface area contributed by atoms with E-state index in [1.807, 2.05) is 26.0 Å². The van der Waals surface area contributed by atoms with Crippen LogP contribution in [0.25, 0.3) is 0 Å². The molecule has 2 rings (SSSR count). The minimum Gasteiger partial charge on any atom is -0.496 e. The van der Waals surface area contributed by atoms with Gasteiger partial charge in [-0.05, 0) is 44.4 Å². The number of piperidine rings is 1. The fraction of sp³-hybridized carbons (Fsp3) is 0.588. The zero-order chi connectivity index (χ0) is 16.1. The molecule has 1 aliphatic rings. The molecule has 2 N–H and O–H groups in total. The molecular formula is C17H26N2O3. The number of methoxy groups -OCH3 is 1. The van der Waals surface area contributed by atoms with Crippen LogP contribution in [-0.2, 0) is 11.3 Å². The van der Waals surface area contributed by atoms with Crippen molar-refractivity contribution in [3.8, 4) is 5.75 Å². The number of nitrogens with two attached hydrogens (primary N) is 1. The predicted octanol–water partition coefficient (Wildman–Crippen LogP) is 2.10. The van der Waals surface area contributed by atoms with Gasteiger partial charge in [0.15, 0.2) is 0 Å². The topological polar surface area (TPSA) is 64.8 Å². The van der Waals surface area contributed by atoms with E-state index in [2.05, 4.69) is 4.90 Å². The number of carbonyl (C=O) groups is 1. The van der Waals surface area contributed by atoms with E-state index in [9.17, 15) is 4.79 Å². The Balaban J connectivity index is 2.09. The first-order valence-corrected chi connectivity index (χ1v) is 7.86. The lowest BCUT2D eigenvalue weighted by molar-refractivity contribution is 0.0124. The van der Waals surface area contributed by atoms with Gasteiger partial charge in [0, 0.05) is 37.4 Å². The number of benzene rings is 1. The molecule has 1 heterocycles. The molecule has 0 aromatic heterocycles. The van der Waals surface area contributed by atoms with Crippen LogP contribution >= 0.6 is 0 Å². The SMILES string of the molecule is CCOC1CCN(Cc2cc(C(N)=O)c(C)cc2OC)CC1. The van der Waals surface area contributed by atoms with Crippen molar-refractivity contribution in [3.05, 3.63) is 28.8 Å². The first-order chi connectivity index (χ1) is 10.5. The molecule has 1 amide bonds. The first-order valence-electron chi connectivity index (χ1n) is 7.86. The van der Waals surface area contributed by atoms with Crippen LogP contribution in [0, 0.1) is 6.92 Å². The van der Waals surface area contributed by atoms with E-state index in [-0.39, 0.29) is 0 Å². The standard InChI is InChI=1S/C17H26N2O3/c1-4-22-14-5-7-19(8-6-14)11-13-10-15(17(18)20)12(2)9-16(13)21-3/h9-10,14H,4-8,11H2,1-3H3,(H2,18,20). The fourth-order valence-corrected chi connectivity index (χ4v) is 3.02. The average Bonchev–Trinajstić information content (AvgIpc) is 2.50. The Morgan fingerprint density at radius 1 is 1.36 bits per heavy atom. The second kappa shape index (κ2) is 7.61. The zero-order valence-electron chi connectivity index (χ0n) is 13.7. The summed E-state index contributed by atoms with van der Waals surface area (Å²) in [4.78, 5) is 13.9. The highest BCUT2D eigenvalue weighted by Gasteiger charge is 2.21. The molecule has 0 bridgehead atoms. The van der Waals surface area contributed by atoms with Crippen LogP contribution in [0.5, 0.6) is 5.75 Å². The minimum atomic E-state index is -0.392. The fourth-order valence-electron chi connectivity index (χ4n) is 3.02. The highest BCUT2D eigenvalue weighted by molar-refractivity contribution is 5.94. The van der Waals surface area contributed by atoms with Crippen LogP contribution in [0.15, 0.2) is 12.1 Å². The van der Waals surface area contributed by atoms with E-state index in [4.69, 9.17) is 15.2 Å². The number of likely N-dealkylation sites (tertiary alicyclic amines) is 1. The van der Waals surface area contributed by atoms with Crippen molar-refractivity contribution < 1.29 is 14.3 Å². The van der Waals surface area contributed by atoms with Gasteiger partial charge >= 0.3 is 0 Å². The summed E-state index contributed by atoms with van der Waals surface area (Å²) in [7, 11) is 1.66. The smallest absolute Gasteiger partial charge is 0.248 e. The van der Waals surface area contributed by atoms with Gasteiger partial charge in [-0.2, -0.15) is 0 Å². The molecule has 0 aliphatic carbocycles. The van der Waals surface area contributed by atoms with Gasteiger partial charge in [0.2, 0.25) is 5.91 Å². The third-order valence-electron chi connectivity index (χ3n) is 4.22. The van der Waals surface area contributed by atoms with E-state index < -0.39 is 5.91 Å². The first kappa shape index (κ1) is 16.8. The number of hydrogen-bond acceptors (Lipinski definition) is 4. The molecule has 1 aromatic rings. The van der Waals surface area contributed by atoms with Crippen molar-refractivity contribution in [1.82, 2.24) is 4.90 Å². The van der Waals surface area contributed by atoms with Crippen molar-refractivity contribution in [2.45, 2.75) is 39.3 Å². The van der Waals surface area contributed by atoms with E-state index in [1.54, 1.807) is 7.11 Å². The maximum atomic E-state index is 11.5.